The molecular weight excluding hydrogens is 933 g/mol. The van der Waals surface area contributed by atoms with Crippen molar-refractivity contribution in [2.75, 3.05) is 5.32 Å². The first kappa shape index (κ1) is 47.5. The maximum absolute atomic E-state index is 15.5. The molecule has 66 heavy (non-hydrogen) atoms. The summed E-state index contributed by atoms with van der Waals surface area (Å²) in [7, 11) is -20.6. The number of nitrogens with zero attached hydrogens (tertiary/aromatic N) is 1. The van der Waals surface area contributed by atoms with Crippen LogP contribution < -0.4 is 19.0 Å². The predicted octanol–water partition coefficient (Wildman–Crippen LogP) is 10.9. The van der Waals surface area contributed by atoms with Crippen LogP contribution in [-0.2, 0) is 30.2 Å². The van der Waals surface area contributed by atoms with Crippen LogP contribution in [0.4, 0.5) is 43.4 Å². The number of hydrogen-bond acceptors (Lipinski definition) is 10. The van der Waals surface area contributed by atoms with E-state index in [0.717, 1.165) is 52.2 Å². The number of aryl methyl sites for hydroxylation is 4. The van der Waals surface area contributed by atoms with Gasteiger partial charge in [0, 0.05) is 45.6 Å². The summed E-state index contributed by atoms with van der Waals surface area (Å²) < 4.78 is 182. The van der Waals surface area contributed by atoms with Gasteiger partial charge in [-0.15, -0.1) is 0 Å². The molecule has 0 unspecified atom stereocenters. The zero-order valence-electron chi connectivity index (χ0n) is 35.0. The average Bonchev–Trinajstić information content (AvgIpc) is 3.25. The van der Waals surface area contributed by atoms with E-state index in [4.69, 9.17) is 9.41 Å². The Labute approximate surface area is 375 Å². The van der Waals surface area contributed by atoms with Crippen LogP contribution in [0.25, 0.3) is 39.5 Å². The Morgan fingerprint density at radius 2 is 1.27 bits per heavy atom. The van der Waals surface area contributed by atoms with Gasteiger partial charge >= 0.3 is 26.5 Å². The molecule has 7 rings (SSSR count). The molecule has 0 fully saturated rings. The number of anilines is 2. The quantitative estimate of drug-likeness (QED) is 0.0614. The second-order valence-electron chi connectivity index (χ2n) is 15.1. The van der Waals surface area contributed by atoms with E-state index in [0.29, 0.717) is 33.0 Å². The van der Waals surface area contributed by atoms with Crippen molar-refractivity contribution in [3.63, 3.8) is 0 Å². The monoisotopic (exact) mass is 969 g/mol. The molecule has 2 N–H and O–H groups in total. The molecule has 5 aromatic carbocycles. The third-order valence-corrected chi connectivity index (χ3v) is 15.4. The van der Waals surface area contributed by atoms with E-state index in [1.165, 1.54) is 24.3 Å². The fourth-order valence-electron chi connectivity index (χ4n) is 7.07. The Balaban J connectivity index is 1.35. The van der Waals surface area contributed by atoms with Crippen molar-refractivity contribution in [2.45, 2.75) is 49.0 Å². The van der Waals surface area contributed by atoms with Crippen molar-refractivity contribution in [1.82, 2.24) is 4.13 Å². The van der Waals surface area contributed by atoms with Crippen LogP contribution in [0.3, 0.4) is 0 Å². The van der Waals surface area contributed by atoms with Crippen LogP contribution >= 0.6 is 0 Å². The van der Waals surface area contributed by atoms with Gasteiger partial charge in [-0.05, 0) is 98.0 Å². The number of hydrogen-bond donors (Lipinski definition) is 2. The first-order valence-corrected chi connectivity index (χ1v) is 23.8. The fraction of sp³-hybridized carbons (Fsp3) is 0.152. The maximum Gasteiger partial charge on any atom is 0.450 e. The van der Waals surface area contributed by atoms with E-state index in [2.05, 4.69) is 16.1 Å². The molecule has 20 heteroatoms. The highest BCUT2D eigenvalue weighted by molar-refractivity contribution is 8.05. The number of nitrogens with one attached hydrogen (secondary N) is 2. The topological polar surface area (TPSA) is 161 Å². The molecule has 344 valence electrons. The lowest BCUT2D eigenvalue weighted by molar-refractivity contribution is -0.245. The summed E-state index contributed by atoms with van der Waals surface area (Å²) in [6.45, 7) is 10.9. The molecule has 5 aromatic rings. The SMILES string of the molecule is C=Cc1ccc(OS(=O)(=O)C(F)(F)C(F)(F)C(F)(F)S(=O)(=O)NS(=O)(=O)c2ccccc2-c2c3ccc(=Nc4c(C)cccc4C)cc-3oc3cc(Nc4c(C)cccc4C)ccc23)cc1. The number of alkyl halides is 6. The maximum atomic E-state index is 15.5. The van der Waals surface area contributed by atoms with Crippen LogP contribution in [0, 0.1) is 27.7 Å². The predicted molar refractivity (Wildman–Crippen MR) is 239 cm³/mol. The standard InChI is InChI=1S/C46H37F6N3O8S3/c1-6-31-17-21-34(22-18-31)63-66(60,61)46(51,52)44(47,48)45(49,50)65(58,59)55-64(56,57)40-16-8-7-15-37(40)41-35-23-19-32(53-42-27(2)11-9-12-28(42)3)25-38(35)62-39-26-33(20-24-36(39)41)54-43-29(4)13-10-14-30(43)5/h6-26,53,55H,1H2,2-5H3. The van der Waals surface area contributed by atoms with Gasteiger partial charge in [0.2, 0.25) is 0 Å². The smallest absolute Gasteiger partial charge is 0.450 e. The number of fused-ring (bicyclic) bond motifs is 2. The summed E-state index contributed by atoms with van der Waals surface area (Å²) in [5, 5.41) is -10.2. The summed E-state index contributed by atoms with van der Waals surface area (Å²) in [4.78, 5) is 3.70. The summed E-state index contributed by atoms with van der Waals surface area (Å²) in [6, 6.07) is 28.5. The highest BCUT2D eigenvalue weighted by Crippen LogP contribution is 2.51. The normalized spacial score (nSPS) is 13.3. The van der Waals surface area contributed by atoms with Crippen molar-refractivity contribution < 1.29 is 60.2 Å². The van der Waals surface area contributed by atoms with E-state index >= 15 is 26.3 Å². The Morgan fingerprint density at radius 3 is 1.89 bits per heavy atom. The molecular formula is C46H37F6N3O8S3. The van der Waals surface area contributed by atoms with Crippen LogP contribution in [-0.4, -0.2) is 41.7 Å². The summed E-state index contributed by atoms with van der Waals surface area (Å²) in [6.07, 6.45) is 1.23. The molecule has 0 saturated heterocycles. The van der Waals surface area contributed by atoms with Gasteiger partial charge in [0.25, 0.3) is 20.0 Å². The van der Waals surface area contributed by atoms with Gasteiger partial charge in [0.05, 0.1) is 15.9 Å². The molecule has 11 nitrogen and oxygen atoms in total. The number of rotatable bonds is 14. The molecule has 0 radical (unpaired) electrons. The Morgan fingerprint density at radius 1 is 0.667 bits per heavy atom. The van der Waals surface area contributed by atoms with Crippen molar-refractivity contribution in [2.24, 2.45) is 4.99 Å². The Kier molecular flexibility index (Phi) is 12.3. The van der Waals surface area contributed by atoms with Crippen molar-refractivity contribution in [3.8, 4) is 28.2 Å². The highest BCUT2D eigenvalue weighted by Gasteiger charge is 2.83. The molecule has 2 aliphatic rings. The minimum atomic E-state index is -7.49. The second-order valence-corrected chi connectivity index (χ2v) is 20.3. The van der Waals surface area contributed by atoms with E-state index in [1.807, 2.05) is 64.1 Å². The van der Waals surface area contributed by atoms with Crippen molar-refractivity contribution >= 4 is 64.3 Å². The summed E-state index contributed by atoms with van der Waals surface area (Å²) in [5.74, 6) is -8.28. The van der Waals surface area contributed by atoms with E-state index < -0.39 is 57.2 Å². The van der Waals surface area contributed by atoms with Gasteiger partial charge in [-0.1, -0.05) is 83.5 Å². The van der Waals surface area contributed by atoms with Gasteiger partial charge in [-0.25, -0.2) is 21.8 Å². The lowest BCUT2D eigenvalue weighted by atomic mass is 9.93. The van der Waals surface area contributed by atoms with Crippen LogP contribution in [0.1, 0.15) is 27.8 Å². The number of halogens is 6. The number of benzene rings is 6. The lowest BCUT2D eigenvalue weighted by Crippen LogP contribution is -2.63. The van der Waals surface area contributed by atoms with Crippen molar-refractivity contribution in [1.29, 1.82) is 0 Å². The van der Waals surface area contributed by atoms with E-state index in [9.17, 15) is 25.3 Å². The zero-order chi connectivity index (χ0) is 48.2. The van der Waals surface area contributed by atoms with Gasteiger partial charge in [0.15, 0.2) is 0 Å². The fourth-order valence-corrected chi connectivity index (χ4v) is 11.2. The Hall–Kier alpha value is -6.48. The first-order chi connectivity index (χ1) is 30.8. The largest absolute Gasteiger partial charge is 0.456 e. The molecule has 1 aliphatic carbocycles. The third kappa shape index (κ3) is 8.44. The molecule has 0 atom stereocenters. The van der Waals surface area contributed by atoms with E-state index in [1.54, 1.807) is 30.3 Å². The zero-order valence-corrected chi connectivity index (χ0v) is 37.5. The Bertz CT molecular complexity index is 3410. The molecule has 1 heterocycles. The summed E-state index contributed by atoms with van der Waals surface area (Å²) >= 11 is 0. The van der Waals surface area contributed by atoms with Crippen LogP contribution in [0.15, 0.2) is 142 Å². The molecule has 0 aromatic heterocycles. The number of sulfonamides is 2. The third-order valence-electron chi connectivity index (χ3n) is 10.5. The van der Waals surface area contributed by atoms with Crippen molar-refractivity contribution in [3.05, 3.63) is 161 Å². The molecule has 0 spiro atoms. The van der Waals surface area contributed by atoms with Gasteiger partial charge in [-0.3, -0.25) is 0 Å². The van der Waals surface area contributed by atoms with Gasteiger partial charge < -0.3 is 13.9 Å². The van der Waals surface area contributed by atoms with Crippen LogP contribution in [0.2, 0.25) is 0 Å². The molecule has 0 saturated carbocycles. The molecule has 0 amide bonds. The number of para-hydroxylation sites is 2. The van der Waals surface area contributed by atoms with E-state index in [-0.39, 0.29) is 39.0 Å². The molecule has 0 bridgehead atoms. The minimum absolute atomic E-state index is 0.0230. The summed E-state index contributed by atoms with van der Waals surface area (Å²) in [5.41, 5.74) is 5.71. The van der Waals surface area contributed by atoms with Gasteiger partial charge in [-0.2, -0.15) is 34.8 Å². The first-order valence-electron chi connectivity index (χ1n) is 19.4. The average molecular weight is 970 g/mol. The highest BCUT2D eigenvalue weighted by atomic mass is 32.3. The second kappa shape index (κ2) is 17.1. The molecule has 1 aliphatic heterocycles. The van der Waals surface area contributed by atoms with Gasteiger partial charge in [0.1, 0.15) is 17.1 Å². The van der Waals surface area contributed by atoms with Crippen LogP contribution in [0.5, 0.6) is 5.75 Å². The lowest BCUT2D eigenvalue weighted by Gasteiger charge is -2.31. The minimum Gasteiger partial charge on any atom is -0.456 e.